The van der Waals surface area contributed by atoms with Crippen molar-refractivity contribution in [1.82, 2.24) is 31.9 Å². The molecule has 1 aromatic rings. The Morgan fingerprint density at radius 3 is 1.74 bits per heavy atom. The van der Waals surface area contributed by atoms with Crippen molar-refractivity contribution in [1.29, 1.82) is 0 Å². The number of hydrogen-bond donors (Lipinski definition) is 9. The van der Waals surface area contributed by atoms with Gasteiger partial charge in [-0.2, -0.15) is 0 Å². The molecule has 0 aromatic heterocycles. The summed E-state index contributed by atoms with van der Waals surface area (Å²) in [4.78, 5) is 167. The number of ketones is 4. The summed E-state index contributed by atoms with van der Waals surface area (Å²) in [5.74, 6) is -15.7. The Balaban J connectivity index is 1.85. The molecule has 1 saturated carbocycles. The van der Waals surface area contributed by atoms with E-state index >= 15 is 0 Å². The first-order valence-corrected chi connectivity index (χ1v) is 31.3. The maximum Gasteiger partial charge on any atom is 0.329 e. The lowest BCUT2D eigenvalue weighted by Gasteiger charge is -2.30. The van der Waals surface area contributed by atoms with Crippen LogP contribution in [-0.4, -0.2) is 136 Å². The van der Waals surface area contributed by atoms with E-state index in [1.54, 1.807) is 41.5 Å². The summed E-state index contributed by atoms with van der Waals surface area (Å²) in [6, 6.07) is 3.02. The number of ether oxygens (including phenoxy) is 1. The Kier molecular flexibility index (Phi) is 30.4. The number of primary amides is 1. The van der Waals surface area contributed by atoms with E-state index in [2.05, 4.69) is 31.9 Å². The minimum Gasteiger partial charge on any atom is -0.458 e. The van der Waals surface area contributed by atoms with Crippen LogP contribution in [0.2, 0.25) is 0 Å². The van der Waals surface area contributed by atoms with Crippen LogP contribution in [0.3, 0.4) is 0 Å². The van der Waals surface area contributed by atoms with E-state index in [0.29, 0.717) is 51.4 Å². The number of esters is 1. The molecule has 7 amide bonds. The second kappa shape index (κ2) is 35.4. The summed E-state index contributed by atoms with van der Waals surface area (Å²) >= 11 is 0. The number of aliphatic hydroxyl groups is 2. The first-order valence-electron chi connectivity index (χ1n) is 31.3. The second-order valence-electron chi connectivity index (χ2n) is 24.6. The number of nitrogens with two attached hydrogens (primary N) is 1. The maximum absolute atomic E-state index is 14.5. The van der Waals surface area contributed by atoms with E-state index < -0.39 is 193 Å². The van der Waals surface area contributed by atoms with Gasteiger partial charge in [-0.25, -0.2) is 4.79 Å². The van der Waals surface area contributed by atoms with Crippen molar-refractivity contribution in [2.45, 2.75) is 221 Å². The number of carbonyl (C=O) groups excluding carboxylic acids is 12. The summed E-state index contributed by atoms with van der Waals surface area (Å²) in [7, 11) is 0. The largest absolute Gasteiger partial charge is 0.458 e. The zero-order valence-electron chi connectivity index (χ0n) is 52.9. The molecule has 482 valence electrons. The van der Waals surface area contributed by atoms with Gasteiger partial charge in [-0.3, -0.25) is 52.7 Å². The Morgan fingerprint density at radius 2 is 1.23 bits per heavy atom. The molecule has 0 radical (unpaired) electrons. The molecule has 1 heterocycles. The zero-order valence-corrected chi connectivity index (χ0v) is 52.9. The monoisotopic (exact) mass is 1210 g/mol. The summed E-state index contributed by atoms with van der Waals surface area (Å²) in [5, 5.41) is 37.7. The molecule has 1 aliphatic heterocycles. The number of Topliss-reactive ketones (excluding diaryl/α,β-unsaturated/α-hetero) is 4. The number of hydrogen-bond acceptors (Lipinski definition) is 15. The average Bonchev–Trinajstić information content (AvgIpc) is 1.68. The highest BCUT2D eigenvalue weighted by molar-refractivity contribution is 6.01. The number of carbonyl (C=O) groups is 12. The van der Waals surface area contributed by atoms with Crippen LogP contribution in [0.15, 0.2) is 30.3 Å². The molecule has 1 spiro atoms. The fraction of sp³-hybridized carbons (Fsp3) is 0.719. The lowest BCUT2D eigenvalue weighted by molar-refractivity contribution is -0.157. The predicted octanol–water partition coefficient (Wildman–Crippen LogP) is 4.06. The van der Waals surface area contributed by atoms with E-state index in [1.165, 1.54) is 13.8 Å². The minimum absolute atomic E-state index is 0.192. The third-order valence-electron chi connectivity index (χ3n) is 18.1. The fourth-order valence-electron chi connectivity index (χ4n) is 11.1. The highest BCUT2D eigenvalue weighted by atomic mass is 16.5. The van der Waals surface area contributed by atoms with E-state index in [1.807, 2.05) is 58.0 Å². The molecule has 2 aliphatic rings. The molecule has 1 aromatic carbocycles. The van der Waals surface area contributed by atoms with Gasteiger partial charge in [0.05, 0.1) is 43.2 Å². The third-order valence-corrected chi connectivity index (χ3v) is 18.1. The van der Waals surface area contributed by atoms with Crippen molar-refractivity contribution in [2.24, 2.45) is 64.9 Å². The zero-order chi connectivity index (χ0) is 64.7. The quantitative estimate of drug-likeness (QED) is 0.0433. The Morgan fingerprint density at radius 1 is 0.686 bits per heavy atom. The van der Waals surface area contributed by atoms with Crippen LogP contribution in [0.25, 0.3) is 0 Å². The Bertz CT molecular complexity index is 2510. The van der Waals surface area contributed by atoms with Crippen LogP contribution in [-0.2, 0) is 68.7 Å². The van der Waals surface area contributed by atoms with Crippen molar-refractivity contribution in [2.75, 3.05) is 13.2 Å². The van der Waals surface area contributed by atoms with Crippen molar-refractivity contribution >= 4 is 70.5 Å². The molecular formula is C64H101N7O15. The lowest BCUT2D eigenvalue weighted by Crippen LogP contribution is -2.57. The van der Waals surface area contributed by atoms with Crippen LogP contribution in [0.1, 0.15) is 179 Å². The number of benzene rings is 1. The van der Waals surface area contributed by atoms with Gasteiger partial charge in [-0.15, -0.1) is 0 Å². The van der Waals surface area contributed by atoms with Gasteiger partial charge in [0.2, 0.25) is 41.4 Å². The van der Waals surface area contributed by atoms with Gasteiger partial charge in [0.15, 0.2) is 23.1 Å². The number of rotatable bonds is 35. The van der Waals surface area contributed by atoms with Crippen molar-refractivity contribution in [3.05, 3.63) is 35.9 Å². The lowest BCUT2D eigenvalue weighted by atomic mass is 9.83. The number of aliphatic hydroxyl groups excluding tert-OH is 2. The molecule has 10 N–H and O–H groups in total. The molecule has 3 rings (SSSR count). The Labute approximate surface area is 508 Å². The van der Waals surface area contributed by atoms with E-state index in [9.17, 15) is 67.7 Å². The Hall–Kier alpha value is -6.42. The van der Waals surface area contributed by atoms with Crippen molar-refractivity contribution < 1.29 is 72.5 Å². The summed E-state index contributed by atoms with van der Waals surface area (Å²) in [5.41, 5.74) is 5.17. The summed E-state index contributed by atoms with van der Waals surface area (Å²) in [6.45, 7) is 19.2. The average molecular weight is 1210 g/mol. The van der Waals surface area contributed by atoms with E-state index in [-0.39, 0.29) is 30.6 Å². The molecule has 1 saturated heterocycles. The molecule has 1 aliphatic carbocycles. The van der Waals surface area contributed by atoms with E-state index in [4.69, 9.17) is 10.5 Å². The molecule has 17 atom stereocenters. The van der Waals surface area contributed by atoms with Gasteiger partial charge < -0.3 is 52.6 Å². The van der Waals surface area contributed by atoms with Gasteiger partial charge in [-0.1, -0.05) is 139 Å². The highest BCUT2D eigenvalue weighted by Gasteiger charge is 2.61. The second-order valence-corrected chi connectivity index (χ2v) is 24.6. The topological polar surface area (TPSA) is 353 Å². The fourth-order valence-corrected chi connectivity index (χ4v) is 11.1. The third kappa shape index (κ3) is 20.9. The smallest absolute Gasteiger partial charge is 0.329 e. The molecule has 0 bridgehead atoms. The van der Waals surface area contributed by atoms with E-state index in [0.717, 1.165) is 12.0 Å². The standard InChI is InChI=1S/C64H101N7O15/c1-13-22-45-32-64(45)63(85)70-55(38(10)17-5)62(84)86-40(12)56(49(75)27-39(11)57(79)71-64)69-60(82)44(34-73)30-51(77)54(37(9)16-4)68-61(83)46(35(7)14-2)31-48(74)47(25-26-52(65)78)66-59(81)43(33-72)29-50(76)53(36(8)15-3)67-58(80)42(18-6)28-41-23-20-19-21-24-41/h19-21,23-24,35-40,42-47,53-56,72-73H,13-18,22,25-34H2,1-12H3,(H2,65,78)(H,66,81)(H,67,80)(H,68,83)(H,69,82)(H,70,85)(H,71,79)/t35-,36-,37-,38-,39+,40-,42+,43-,44-,45+,46+,47+,53-,54-,55-,56+,64+/m0/s1. The van der Waals surface area contributed by atoms with Crippen LogP contribution in [0.5, 0.6) is 0 Å². The van der Waals surface area contributed by atoms with Crippen LogP contribution < -0.4 is 37.6 Å². The highest BCUT2D eigenvalue weighted by Crippen LogP contribution is 2.47. The van der Waals surface area contributed by atoms with Crippen molar-refractivity contribution in [3.8, 4) is 0 Å². The van der Waals surface area contributed by atoms with Crippen LogP contribution in [0, 0.1) is 59.2 Å². The predicted molar refractivity (Wildman–Crippen MR) is 322 cm³/mol. The summed E-state index contributed by atoms with van der Waals surface area (Å²) < 4.78 is 5.82. The first-order chi connectivity index (χ1) is 40.6. The van der Waals surface area contributed by atoms with Gasteiger partial charge in [0, 0.05) is 49.9 Å². The van der Waals surface area contributed by atoms with Gasteiger partial charge in [0.25, 0.3) is 0 Å². The molecule has 86 heavy (non-hydrogen) atoms. The number of amides is 7. The molecule has 0 unspecified atom stereocenters. The maximum atomic E-state index is 14.5. The van der Waals surface area contributed by atoms with Gasteiger partial charge >= 0.3 is 5.97 Å². The summed E-state index contributed by atoms with van der Waals surface area (Å²) in [6.07, 6.45) is 0.238. The van der Waals surface area contributed by atoms with Crippen molar-refractivity contribution in [3.63, 3.8) is 0 Å². The van der Waals surface area contributed by atoms with Gasteiger partial charge in [-0.05, 0) is 74.2 Å². The normalized spacial score (nSPS) is 23.8. The molecule has 2 fully saturated rings. The molecule has 22 nitrogen and oxygen atoms in total. The molecule has 22 heteroatoms. The SMILES string of the molecule is CCC[C@@H]1C[C@@]12NC(=O)[C@H](C)CC(=O)[C@H](NC(=O)[C@H](CO)CC(=O)[C@@H](NC(=O)[C@H](CC(=O)[C@@H](CCC(N)=O)NC(=O)[C@H](CO)CC(=O)[C@@H](NC(=O)[C@H](CC)Cc1ccccc1)[C@@H](C)CC)[C@@H](C)CC)[C@@H](C)CC)[C@H](C)OC(=O)[C@H]([C@@H](C)CC)NC2=O. The van der Waals surface area contributed by atoms with Crippen LogP contribution >= 0.6 is 0 Å². The number of cyclic esters (lactones) is 1. The number of nitrogens with one attached hydrogen (secondary N) is 6. The van der Waals surface area contributed by atoms with Crippen LogP contribution in [0.4, 0.5) is 0 Å². The van der Waals surface area contributed by atoms with Gasteiger partial charge in [0.1, 0.15) is 23.7 Å². The molecular weight excluding hydrogens is 1110 g/mol. The first kappa shape index (κ1) is 73.8. The minimum atomic E-state index is -1.57.